The van der Waals surface area contributed by atoms with Gasteiger partial charge in [-0.05, 0) is 11.6 Å². The number of benzene rings is 1. The molecule has 0 fully saturated rings. The highest BCUT2D eigenvalue weighted by Gasteiger charge is 2.11. The average Bonchev–Trinajstić information content (AvgIpc) is 2.06. The van der Waals surface area contributed by atoms with Crippen LogP contribution >= 0.6 is 15.9 Å². The summed E-state index contributed by atoms with van der Waals surface area (Å²) in [7, 11) is 0. The zero-order valence-corrected chi connectivity index (χ0v) is 7.53. The summed E-state index contributed by atoms with van der Waals surface area (Å²) in [6, 6.07) is 3.85. The van der Waals surface area contributed by atoms with Crippen molar-refractivity contribution in [2.75, 3.05) is 0 Å². The molecule has 62 valence electrons. The summed E-state index contributed by atoms with van der Waals surface area (Å²) in [6.45, 7) is 0. The van der Waals surface area contributed by atoms with Crippen molar-refractivity contribution in [2.24, 2.45) is 0 Å². The Morgan fingerprint density at radius 2 is 2.08 bits per heavy atom. The zero-order valence-electron chi connectivity index (χ0n) is 5.94. The molecule has 12 heavy (non-hydrogen) atoms. The summed E-state index contributed by atoms with van der Waals surface area (Å²) in [6.07, 6.45) is 0. The van der Waals surface area contributed by atoms with Gasteiger partial charge in [0.1, 0.15) is 23.3 Å². The van der Waals surface area contributed by atoms with Crippen LogP contribution in [0.3, 0.4) is 0 Å². The Bertz CT molecular complexity index is 344. The number of rotatable bonds is 1. The Labute approximate surface area is 76.8 Å². The Balaban J connectivity index is 3.36. The lowest BCUT2D eigenvalue weighted by atomic mass is 10.1. The van der Waals surface area contributed by atoms with Crippen LogP contribution in [0.1, 0.15) is 11.1 Å². The van der Waals surface area contributed by atoms with Crippen molar-refractivity contribution in [3.05, 3.63) is 34.9 Å². The quantitative estimate of drug-likeness (QED) is 0.683. The number of halogens is 3. The van der Waals surface area contributed by atoms with Crippen LogP contribution in [-0.2, 0) is 5.33 Å². The Hall–Kier alpha value is -0.950. The van der Waals surface area contributed by atoms with Crippen molar-refractivity contribution in [2.45, 2.75) is 5.33 Å². The highest BCUT2D eigenvalue weighted by molar-refractivity contribution is 9.08. The molecule has 0 aliphatic rings. The number of alkyl halides is 1. The van der Waals surface area contributed by atoms with Gasteiger partial charge in [-0.15, -0.1) is 0 Å². The first-order valence-electron chi connectivity index (χ1n) is 3.13. The van der Waals surface area contributed by atoms with E-state index < -0.39 is 17.2 Å². The second kappa shape index (κ2) is 3.63. The van der Waals surface area contributed by atoms with Gasteiger partial charge in [-0.25, -0.2) is 8.78 Å². The molecule has 0 radical (unpaired) electrons. The van der Waals surface area contributed by atoms with E-state index in [0.29, 0.717) is 0 Å². The third-order valence-electron chi connectivity index (χ3n) is 1.43. The molecule has 0 amide bonds. The maximum atomic E-state index is 13.0. The van der Waals surface area contributed by atoms with Gasteiger partial charge in [-0.1, -0.05) is 22.0 Å². The third-order valence-corrected chi connectivity index (χ3v) is 2.03. The second-order valence-corrected chi connectivity index (χ2v) is 2.70. The molecule has 0 aliphatic heterocycles. The smallest absolute Gasteiger partial charge is 0.147 e. The van der Waals surface area contributed by atoms with Crippen LogP contribution in [0.15, 0.2) is 12.1 Å². The van der Waals surface area contributed by atoms with Crippen LogP contribution < -0.4 is 0 Å². The summed E-state index contributed by atoms with van der Waals surface area (Å²) in [5.41, 5.74) is -0.236. The molecule has 0 heterocycles. The first-order chi connectivity index (χ1) is 5.70. The molecule has 0 aromatic heterocycles. The first kappa shape index (κ1) is 9.14. The van der Waals surface area contributed by atoms with Crippen molar-refractivity contribution < 1.29 is 8.78 Å². The fraction of sp³-hybridized carbons (Fsp3) is 0.125. The largest absolute Gasteiger partial charge is 0.205 e. The lowest BCUT2D eigenvalue weighted by Gasteiger charge is -2.00. The summed E-state index contributed by atoms with van der Waals surface area (Å²) < 4.78 is 25.7. The van der Waals surface area contributed by atoms with Gasteiger partial charge in [0.2, 0.25) is 0 Å². The van der Waals surface area contributed by atoms with Gasteiger partial charge in [-0.3, -0.25) is 0 Å². The lowest BCUT2D eigenvalue weighted by molar-refractivity contribution is 0.570. The minimum Gasteiger partial charge on any atom is -0.205 e. The Morgan fingerprint density at radius 1 is 1.42 bits per heavy atom. The molecule has 0 bridgehead atoms. The van der Waals surface area contributed by atoms with Crippen molar-refractivity contribution in [1.29, 1.82) is 5.26 Å². The molecule has 0 aliphatic carbocycles. The normalized spacial score (nSPS) is 9.50. The van der Waals surface area contributed by atoms with Gasteiger partial charge in [-0.2, -0.15) is 5.26 Å². The summed E-state index contributed by atoms with van der Waals surface area (Å²) >= 11 is 3.02. The van der Waals surface area contributed by atoms with Gasteiger partial charge >= 0.3 is 0 Å². The van der Waals surface area contributed by atoms with Gasteiger partial charge in [0.15, 0.2) is 0 Å². The van der Waals surface area contributed by atoms with Crippen LogP contribution in [0.5, 0.6) is 0 Å². The number of nitrogens with zero attached hydrogens (tertiary/aromatic N) is 1. The van der Waals surface area contributed by atoms with Crippen molar-refractivity contribution in [3.63, 3.8) is 0 Å². The molecule has 0 saturated carbocycles. The van der Waals surface area contributed by atoms with Crippen molar-refractivity contribution in [3.8, 4) is 6.07 Å². The molecular formula is C8H4BrF2N. The van der Waals surface area contributed by atoms with Gasteiger partial charge < -0.3 is 0 Å². The molecule has 0 unspecified atom stereocenters. The summed E-state index contributed by atoms with van der Waals surface area (Å²) in [5.74, 6) is -1.60. The summed E-state index contributed by atoms with van der Waals surface area (Å²) in [4.78, 5) is 0. The van der Waals surface area contributed by atoms with E-state index in [1.54, 1.807) is 0 Å². The molecule has 1 aromatic rings. The van der Waals surface area contributed by atoms with E-state index in [1.165, 1.54) is 12.1 Å². The SMILES string of the molecule is N#Cc1c(F)ccc(CBr)c1F. The van der Waals surface area contributed by atoms with Gasteiger partial charge in [0.05, 0.1) is 0 Å². The predicted molar refractivity (Wildman–Crippen MR) is 43.7 cm³/mol. The van der Waals surface area contributed by atoms with Gasteiger partial charge in [0.25, 0.3) is 0 Å². The standard InChI is InChI=1S/C8H4BrF2N/c9-3-5-1-2-7(10)6(4-12)8(5)11/h1-2H,3H2. The van der Waals surface area contributed by atoms with Crippen molar-refractivity contribution in [1.82, 2.24) is 0 Å². The van der Waals surface area contributed by atoms with E-state index >= 15 is 0 Å². The Kier molecular flexibility index (Phi) is 2.77. The minimum absolute atomic E-state index is 0.272. The van der Waals surface area contributed by atoms with E-state index in [0.717, 1.165) is 6.07 Å². The highest BCUT2D eigenvalue weighted by Crippen LogP contribution is 2.17. The zero-order chi connectivity index (χ0) is 9.14. The lowest BCUT2D eigenvalue weighted by Crippen LogP contribution is -1.94. The highest BCUT2D eigenvalue weighted by atomic mass is 79.9. The molecule has 1 aromatic carbocycles. The van der Waals surface area contributed by atoms with Crippen LogP contribution in [-0.4, -0.2) is 0 Å². The molecular weight excluding hydrogens is 228 g/mol. The maximum absolute atomic E-state index is 13.0. The maximum Gasteiger partial charge on any atom is 0.147 e. The number of nitriles is 1. The van der Waals surface area contributed by atoms with E-state index in [9.17, 15) is 8.78 Å². The van der Waals surface area contributed by atoms with Crippen LogP contribution in [0, 0.1) is 23.0 Å². The van der Waals surface area contributed by atoms with E-state index in [1.807, 2.05) is 0 Å². The molecule has 1 nitrogen and oxygen atoms in total. The molecule has 0 atom stereocenters. The number of hydrogen-bond donors (Lipinski definition) is 0. The molecule has 1 rings (SSSR count). The second-order valence-electron chi connectivity index (χ2n) is 2.14. The van der Waals surface area contributed by atoms with Crippen LogP contribution in [0.25, 0.3) is 0 Å². The summed E-state index contributed by atoms with van der Waals surface area (Å²) in [5, 5.41) is 8.65. The molecule has 4 heteroatoms. The van der Waals surface area contributed by atoms with Crippen molar-refractivity contribution >= 4 is 15.9 Å². The topological polar surface area (TPSA) is 23.8 Å². The fourth-order valence-electron chi connectivity index (χ4n) is 0.801. The molecule has 0 N–H and O–H groups in total. The minimum atomic E-state index is -0.820. The monoisotopic (exact) mass is 231 g/mol. The molecule has 0 spiro atoms. The Morgan fingerprint density at radius 3 is 2.58 bits per heavy atom. The fourth-order valence-corrected chi connectivity index (χ4v) is 1.23. The van der Waals surface area contributed by atoms with E-state index in [2.05, 4.69) is 15.9 Å². The van der Waals surface area contributed by atoms with Crippen LogP contribution in [0.4, 0.5) is 8.78 Å². The average molecular weight is 232 g/mol. The van der Waals surface area contributed by atoms with Gasteiger partial charge in [0, 0.05) is 5.33 Å². The van der Waals surface area contributed by atoms with Crippen LogP contribution in [0.2, 0.25) is 0 Å². The third kappa shape index (κ3) is 1.46. The molecule has 0 saturated heterocycles. The van der Waals surface area contributed by atoms with E-state index in [-0.39, 0.29) is 10.9 Å². The first-order valence-corrected chi connectivity index (χ1v) is 4.25. The predicted octanol–water partition coefficient (Wildman–Crippen LogP) is 2.73. The number of hydrogen-bond acceptors (Lipinski definition) is 1. The van der Waals surface area contributed by atoms with E-state index in [4.69, 9.17) is 5.26 Å².